The van der Waals surface area contributed by atoms with Crippen LogP contribution in [0.2, 0.25) is 0 Å². The molecule has 0 aromatic carbocycles. The fraction of sp³-hybridized carbons (Fsp3) is 1.00. The van der Waals surface area contributed by atoms with Gasteiger partial charge in [-0.1, -0.05) is 6.92 Å². The Morgan fingerprint density at radius 1 is 0.826 bits per heavy atom. The SMILES string of the molecule is CC12CC3C4C5C6(O)CCC4(C1)C1(O)C(C2)C3(O)CC5(O)C1C6. The highest BCUT2D eigenvalue weighted by molar-refractivity contribution is 5.43. The van der Waals surface area contributed by atoms with Crippen molar-refractivity contribution in [1.29, 1.82) is 0 Å². The lowest BCUT2D eigenvalue weighted by molar-refractivity contribution is -0.453. The minimum Gasteiger partial charge on any atom is -0.389 e. The van der Waals surface area contributed by atoms with E-state index in [1.54, 1.807) is 0 Å². The summed E-state index contributed by atoms with van der Waals surface area (Å²) < 4.78 is 0. The lowest BCUT2D eigenvalue weighted by Crippen LogP contribution is -2.91. The molecule has 9 saturated carbocycles. The zero-order chi connectivity index (χ0) is 15.8. The van der Waals surface area contributed by atoms with Gasteiger partial charge in [-0.25, -0.2) is 0 Å². The van der Waals surface area contributed by atoms with E-state index in [9.17, 15) is 20.4 Å². The van der Waals surface area contributed by atoms with Crippen LogP contribution in [-0.2, 0) is 0 Å². The van der Waals surface area contributed by atoms with Crippen molar-refractivity contribution in [3.8, 4) is 0 Å². The highest BCUT2D eigenvalue weighted by Gasteiger charge is 2.94. The van der Waals surface area contributed by atoms with Gasteiger partial charge in [0.15, 0.2) is 0 Å². The van der Waals surface area contributed by atoms with Gasteiger partial charge in [0.2, 0.25) is 0 Å². The molecule has 11 atom stereocenters. The molecular weight excluding hydrogens is 292 g/mol. The molecule has 11 unspecified atom stereocenters. The largest absolute Gasteiger partial charge is 0.389 e. The van der Waals surface area contributed by atoms with Crippen LogP contribution in [0.15, 0.2) is 0 Å². The van der Waals surface area contributed by atoms with Crippen molar-refractivity contribution >= 4 is 0 Å². The van der Waals surface area contributed by atoms with Gasteiger partial charge in [0.05, 0.1) is 22.4 Å². The van der Waals surface area contributed by atoms with E-state index in [4.69, 9.17) is 0 Å². The lowest BCUT2D eigenvalue weighted by Gasteiger charge is -2.85. The van der Waals surface area contributed by atoms with Gasteiger partial charge in [0, 0.05) is 29.6 Å². The molecule has 1 spiro atoms. The van der Waals surface area contributed by atoms with Gasteiger partial charge in [-0.05, 0) is 55.8 Å². The Kier molecular flexibility index (Phi) is 1.61. The van der Waals surface area contributed by atoms with Crippen LogP contribution in [-0.4, -0.2) is 42.8 Å². The van der Waals surface area contributed by atoms with E-state index < -0.39 is 22.4 Å². The van der Waals surface area contributed by atoms with Crippen LogP contribution in [0.1, 0.15) is 51.9 Å². The first-order valence-corrected chi connectivity index (χ1v) is 9.53. The molecule has 9 fully saturated rings. The van der Waals surface area contributed by atoms with Crippen molar-refractivity contribution in [1.82, 2.24) is 0 Å². The molecule has 0 aliphatic heterocycles. The summed E-state index contributed by atoms with van der Waals surface area (Å²) in [4.78, 5) is 0. The minimum absolute atomic E-state index is 0.101. The minimum atomic E-state index is -1.05. The molecule has 9 aliphatic rings. The van der Waals surface area contributed by atoms with Crippen LogP contribution >= 0.6 is 0 Å². The molecule has 9 aliphatic carbocycles. The maximum atomic E-state index is 12.1. The molecule has 0 aromatic rings. The molecule has 0 heterocycles. The van der Waals surface area contributed by atoms with Crippen LogP contribution in [0.5, 0.6) is 0 Å². The zero-order valence-corrected chi connectivity index (χ0v) is 13.6. The molecule has 0 amide bonds. The summed E-state index contributed by atoms with van der Waals surface area (Å²) >= 11 is 0. The maximum Gasteiger partial charge on any atom is 0.0819 e. The number of hydrogen-bond acceptors (Lipinski definition) is 4. The molecule has 4 N–H and O–H groups in total. The fourth-order valence-electron chi connectivity index (χ4n) is 10.6. The number of rotatable bonds is 0. The van der Waals surface area contributed by atoms with Gasteiger partial charge in [-0.2, -0.15) is 0 Å². The van der Waals surface area contributed by atoms with Crippen molar-refractivity contribution in [3.63, 3.8) is 0 Å². The quantitative estimate of drug-likeness (QED) is 0.533. The topological polar surface area (TPSA) is 80.9 Å². The van der Waals surface area contributed by atoms with Crippen LogP contribution in [0.3, 0.4) is 0 Å². The molecule has 10 bridgehead atoms. The normalized spacial score (nSPS) is 81.5. The van der Waals surface area contributed by atoms with Crippen molar-refractivity contribution in [2.24, 2.45) is 40.4 Å². The Bertz CT molecular complexity index is 695. The van der Waals surface area contributed by atoms with Gasteiger partial charge in [-0.3, -0.25) is 0 Å². The Balaban J connectivity index is 1.63. The summed E-state index contributed by atoms with van der Waals surface area (Å²) in [5, 5.41) is 46.7. The Morgan fingerprint density at radius 3 is 2.35 bits per heavy atom. The van der Waals surface area contributed by atoms with Crippen LogP contribution < -0.4 is 0 Å². The third-order valence-electron chi connectivity index (χ3n) is 10.5. The molecule has 0 saturated heterocycles. The molecular formula is C19H26O4. The van der Waals surface area contributed by atoms with Crippen molar-refractivity contribution in [2.75, 3.05) is 0 Å². The van der Waals surface area contributed by atoms with E-state index in [2.05, 4.69) is 6.92 Å². The van der Waals surface area contributed by atoms with Crippen molar-refractivity contribution in [3.05, 3.63) is 0 Å². The van der Waals surface area contributed by atoms with E-state index in [0.717, 1.165) is 32.1 Å². The van der Waals surface area contributed by atoms with Crippen LogP contribution in [0.25, 0.3) is 0 Å². The smallest absolute Gasteiger partial charge is 0.0819 e. The second-order valence-electron chi connectivity index (χ2n) is 11.1. The standard InChI is InChI=1S/C19H26O4/c1-14-4-9-12-13-16(20)3-2-15(12,7-14)19(23)10(5-14)17(9,21)8-18(13,22)11(19)6-16/h9-13,20-23H,2-8H2,1H3. The summed E-state index contributed by atoms with van der Waals surface area (Å²) in [5.74, 6) is -0.189. The van der Waals surface area contributed by atoms with E-state index >= 15 is 0 Å². The van der Waals surface area contributed by atoms with Gasteiger partial charge in [0.1, 0.15) is 0 Å². The fourth-order valence-corrected chi connectivity index (χ4v) is 10.6. The monoisotopic (exact) mass is 318 g/mol. The first-order valence-electron chi connectivity index (χ1n) is 9.53. The van der Waals surface area contributed by atoms with Gasteiger partial charge < -0.3 is 20.4 Å². The third-order valence-corrected chi connectivity index (χ3v) is 10.5. The van der Waals surface area contributed by atoms with Crippen LogP contribution in [0, 0.1) is 40.4 Å². The summed E-state index contributed by atoms with van der Waals surface area (Å²) in [5.41, 5.74) is -3.67. The maximum absolute atomic E-state index is 12.1. The first-order chi connectivity index (χ1) is 10.6. The molecule has 23 heavy (non-hydrogen) atoms. The Morgan fingerprint density at radius 2 is 1.57 bits per heavy atom. The van der Waals surface area contributed by atoms with Gasteiger partial charge >= 0.3 is 0 Å². The number of aliphatic hydroxyl groups is 4. The first kappa shape index (κ1) is 13.1. The van der Waals surface area contributed by atoms with Crippen LogP contribution in [0.4, 0.5) is 0 Å². The van der Waals surface area contributed by atoms with E-state index in [0.29, 0.717) is 12.8 Å². The highest BCUT2D eigenvalue weighted by Crippen LogP contribution is 2.89. The highest BCUT2D eigenvalue weighted by atomic mass is 16.3. The summed E-state index contributed by atoms with van der Waals surface area (Å²) in [6, 6.07) is 0. The van der Waals surface area contributed by atoms with E-state index in [1.807, 2.05) is 0 Å². The molecule has 9 rings (SSSR count). The second kappa shape index (κ2) is 2.84. The predicted octanol–water partition coefficient (Wildman–Crippen LogP) is 0.810. The van der Waals surface area contributed by atoms with E-state index in [1.165, 1.54) is 0 Å². The van der Waals surface area contributed by atoms with Crippen molar-refractivity contribution < 1.29 is 20.4 Å². The van der Waals surface area contributed by atoms with Crippen molar-refractivity contribution in [2.45, 2.75) is 74.3 Å². The summed E-state index contributed by atoms with van der Waals surface area (Å²) in [6.45, 7) is 2.35. The average molecular weight is 318 g/mol. The molecule has 0 radical (unpaired) electrons. The zero-order valence-electron chi connectivity index (χ0n) is 13.6. The molecule has 4 nitrogen and oxygen atoms in total. The average Bonchev–Trinajstić information content (AvgIpc) is 2.59. The number of hydrogen-bond donors (Lipinski definition) is 4. The predicted molar refractivity (Wildman–Crippen MR) is 80.1 cm³/mol. The Labute approximate surface area is 135 Å². The van der Waals surface area contributed by atoms with Gasteiger partial charge in [0.25, 0.3) is 0 Å². The third kappa shape index (κ3) is 0.880. The molecule has 126 valence electrons. The Hall–Kier alpha value is -0.160. The van der Waals surface area contributed by atoms with E-state index in [-0.39, 0.29) is 40.4 Å². The summed E-state index contributed by atoms with van der Waals surface area (Å²) in [7, 11) is 0. The molecule has 4 heteroatoms. The lowest BCUT2D eigenvalue weighted by atomic mass is 9.21. The molecule has 0 aromatic heterocycles. The van der Waals surface area contributed by atoms with Gasteiger partial charge in [-0.15, -0.1) is 0 Å². The summed E-state index contributed by atoms with van der Waals surface area (Å²) in [6.07, 6.45) is 5.46. The second-order valence-corrected chi connectivity index (χ2v) is 11.1.